The number of anilines is 1. The number of carboxylic acid groups (broad SMARTS) is 1. The molecule has 0 bridgehead atoms. The zero-order chi connectivity index (χ0) is 30.9. The number of benzene rings is 1. The number of nitrogens with zero attached hydrogens (tertiary/aromatic N) is 2. The van der Waals surface area contributed by atoms with Crippen LogP contribution in [0.5, 0.6) is 0 Å². The van der Waals surface area contributed by atoms with Gasteiger partial charge in [-0.2, -0.15) is 0 Å². The first-order valence-corrected chi connectivity index (χ1v) is 16.8. The molecule has 2 N–H and O–H groups in total. The van der Waals surface area contributed by atoms with E-state index in [2.05, 4.69) is 49.2 Å². The molecule has 1 spiro atoms. The number of hydrogen-bond donors (Lipinski definition) is 2. The third-order valence-electron chi connectivity index (χ3n) is 10.8. The molecule has 4 atom stereocenters. The minimum absolute atomic E-state index is 0.0307. The fraction of sp³-hybridized carbons (Fsp3) is 0.667. The van der Waals surface area contributed by atoms with Gasteiger partial charge in [-0.25, -0.2) is 4.98 Å². The van der Waals surface area contributed by atoms with Crippen LogP contribution < -0.4 is 5.32 Å². The van der Waals surface area contributed by atoms with Crippen molar-refractivity contribution in [2.45, 2.75) is 108 Å². The van der Waals surface area contributed by atoms with Crippen molar-refractivity contribution in [3.8, 4) is 0 Å². The molecule has 8 nitrogen and oxygen atoms in total. The number of nitrogens with one attached hydrogen (secondary N) is 1. The highest BCUT2D eigenvalue weighted by atomic mass is 16.5. The normalized spacial score (nSPS) is 26.2. The third-order valence-corrected chi connectivity index (χ3v) is 10.8. The topological polar surface area (TPSA) is 93.2 Å². The molecule has 44 heavy (non-hydrogen) atoms. The van der Waals surface area contributed by atoms with Gasteiger partial charge in [0.05, 0.1) is 18.3 Å². The first-order chi connectivity index (χ1) is 21.2. The SMILES string of the molecule is C[C@@H]1COC2(CCOCC2)c2cccc(C(C(=O)O)N(C)[C@@H]3C[C@@H](OCCCCc4ccc5c(n4)NCCC5)C(C)(C)C3)c21. The van der Waals surface area contributed by atoms with Crippen LogP contribution in [-0.2, 0) is 37.4 Å². The smallest absolute Gasteiger partial charge is 0.325 e. The van der Waals surface area contributed by atoms with E-state index in [-0.39, 0.29) is 29.1 Å². The number of aromatic nitrogens is 1. The zero-order valence-electron chi connectivity index (χ0n) is 27.1. The van der Waals surface area contributed by atoms with Gasteiger partial charge in [-0.1, -0.05) is 45.0 Å². The van der Waals surface area contributed by atoms with Gasteiger partial charge in [0.2, 0.25) is 0 Å². The highest BCUT2D eigenvalue weighted by Crippen LogP contribution is 2.48. The second kappa shape index (κ2) is 13.1. The molecule has 6 rings (SSSR count). The molecule has 2 fully saturated rings. The van der Waals surface area contributed by atoms with Crippen molar-refractivity contribution >= 4 is 11.8 Å². The van der Waals surface area contributed by atoms with E-state index in [1.54, 1.807) is 0 Å². The number of fused-ring (bicyclic) bond motifs is 3. The highest BCUT2D eigenvalue weighted by molar-refractivity contribution is 5.76. The number of likely N-dealkylation sites (N-methyl/N-ethyl adjacent to an activating group) is 1. The summed E-state index contributed by atoms with van der Waals surface area (Å²) in [6.45, 7) is 10.4. The van der Waals surface area contributed by atoms with Gasteiger partial charge in [0.15, 0.2) is 0 Å². The summed E-state index contributed by atoms with van der Waals surface area (Å²) < 4.78 is 18.7. The molecule has 3 aliphatic heterocycles. The van der Waals surface area contributed by atoms with Crippen LogP contribution >= 0.6 is 0 Å². The number of carbonyl (C=O) groups is 1. The molecule has 1 saturated carbocycles. The van der Waals surface area contributed by atoms with Gasteiger partial charge in [-0.3, -0.25) is 9.69 Å². The van der Waals surface area contributed by atoms with Gasteiger partial charge in [0.1, 0.15) is 11.9 Å². The molecule has 4 heterocycles. The lowest BCUT2D eigenvalue weighted by Gasteiger charge is -2.45. The van der Waals surface area contributed by atoms with Gasteiger partial charge < -0.3 is 24.6 Å². The quantitative estimate of drug-likeness (QED) is 0.308. The number of aliphatic carboxylic acids is 1. The molecule has 2 aromatic rings. The summed E-state index contributed by atoms with van der Waals surface area (Å²) in [6.07, 6.45) is 8.71. The second-order valence-electron chi connectivity index (χ2n) is 14.3. The van der Waals surface area contributed by atoms with Crippen LogP contribution in [0.1, 0.15) is 106 Å². The average molecular weight is 606 g/mol. The fourth-order valence-corrected chi connectivity index (χ4v) is 8.20. The Morgan fingerprint density at radius 2 is 2.02 bits per heavy atom. The van der Waals surface area contributed by atoms with E-state index in [1.807, 2.05) is 19.2 Å². The molecular weight excluding hydrogens is 554 g/mol. The van der Waals surface area contributed by atoms with Crippen molar-refractivity contribution in [2.75, 3.05) is 45.3 Å². The molecule has 1 aliphatic carbocycles. The molecule has 8 heteroatoms. The van der Waals surface area contributed by atoms with Crippen LogP contribution in [0.25, 0.3) is 0 Å². The lowest BCUT2D eigenvalue weighted by atomic mass is 9.75. The molecule has 1 saturated heterocycles. The van der Waals surface area contributed by atoms with E-state index >= 15 is 0 Å². The first-order valence-electron chi connectivity index (χ1n) is 16.8. The van der Waals surface area contributed by atoms with Crippen molar-refractivity contribution in [2.24, 2.45) is 5.41 Å². The highest BCUT2D eigenvalue weighted by Gasteiger charge is 2.47. The number of unbranched alkanes of at least 4 members (excludes halogenated alkanes) is 1. The monoisotopic (exact) mass is 605 g/mol. The van der Waals surface area contributed by atoms with Crippen LogP contribution in [0.3, 0.4) is 0 Å². The lowest BCUT2D eigenvalue weighted by Crippen LogP contribution is -2.43. The molecule has 0 amide bonds. The van der Waals surface area contributed by atoms with Crippen LogP contribution in [-0.4, -0.2) is 73.1 Å². The van der Waals surface area contributed by atoms with Crippen LogP contribution in [0, 0.1) is 5.41 Å². The third kappa shape index (κ3) is 6.28. The van der Waals surface area contributed by atoms with Gasteiger partial charge in [0, 0.05) is 56.9 Å². The van der Waals surface area contributed by atoms with Crippen molar-refractivity contribution in [1.29, 1.82) is 0 Å². The van der Waals surface area contributed by atoms with Gasteiger partial charge in [0.25, 0.3) is 0 Å². The number of aryl methyl sites for hydroxylation is 2. The molecular formula is C36H51N3O5. The second-order valence-corrected chi connectivity index (χ2v) is 14.3. The molecule has 0 radical (unpaired) electrons. The van der Waals surface area contributed by atoms with Gasteiger partial charge in [-0.05, 0) is 85.7 Å². The summed E-state index contributed by atoms with van der Waals surface area (Å²) in [6, 6.07) is 10.0. The maximum atomic E-state index is 13.0. The summed E-state index contributed by atoms with van der Waals surface area (Å²) in [5, 5.41) is 14.1. The predicted molar refractivity (Wildman–Crippen MR) is 171 cm³/mol. The number of carboxylic acids is 1. The standard InChI is InChI=1S/C36H51N3O5/c1-24-23-44-36(15-19-42-20-16-36)29-12-7-11-28(31(24)29)32(34(40)41)39(4)27-21-30(35(2,3)22-27)43-18-6-5-10-26-14-13-25-9-8-17-37-33(25)38-26/h7,11-14,24,27,30,32H,5-6,8-10,15-23H2,1-4H3,(H,37,38)(H,40,41)/t24-,27-,30-,32?/m1/s1. The molecule has 240 valence electrons. The van der Waals surface area contributed by atoms with Crippen LogP contribution in [0.2, 0.25) is 0 Å². The van der Waals surface area contributed by atoms with E-state index in [4.69, 9.17) is 19.2 Å². The fourth-order valence-electron chi connectivity index (χ4n) is 8.20. The summed E-state index contributed by atoms with van der Waals surface area (Å²) in [5.74, 6) is 0.400. The minimum atomic E-state index is -0.797. The lowest BCUT2D eigenvalue weighted by molar-refractivity contribution is -0.144. The Morgan fingerprint density at radius 3 is 2.82 bits per heavy atom. The van der Waals surface area contributed by atoms with E-state index < -0.39 is 12.0 Å². The van der Waals surface area contributed by atoms with E-state index in [0.29, 0.717) is 26.4 Å². The Kier molecular flexibility index (Phi) is 9.35. The van der Waals surface area contributed by atoms with Gasteiger partial charge >= 0.3 is 5.97 Å². The zero-order valence-corrected chi connectivity index (χ0v) is 27.1. The Bertz CT molecular complexity index is 1320. The summed E-state index contributed by atoms with van der Waals surface area (Å²) in [7, 11) is 2.00. The van der Waals surface area contributed by atoms with E-state index in [9.17, 15) is 9.90 Å². The van der Waals surface area contributed by atoms with Crippen molar-refractivity contribution in [3.63, 3.8) is 0 Å². The van der Waals surface area contributed by atoms with Crippen molar-refractivity contribution < 1.29 is 24.1 Å². The van der Waals surface area contributed by atoms with Gasteiger partial charge in [-0.15, -0.1) is 0 Å². The van der Waals surface area contributed by atoms with Crippen LogP contribution in [0.15, 0.2) is 30.3 Å². The molecule has 4 aliphatic rings. The number of ether oxygens (including phenoxy) is 3. The first kappa shape index (κ1) is 31.5. The van der Waals surface area contributed by atoms with E-state index in [1.165, 1.54) is 12.0 Å². The number of rotatable bonds is 10. The largest absolute Gasteiger partial charge is 0.480 e. The minimum Gasteiger partial charge on any atom is -0.480 e. The molecule has 1 aromatic heterocycles. The summed E-state index contributed by atoms with van der Waals surface area (Å²) in [5.41, 5.74) is 5.30. The molecule has 1 unspecified atom stereocenters. The Morgan fingerprint density at radius 1 is 1.20 bits per heavy atom. The predicted octanol–water partition coefficient (Wildman–Crippen LogP) is 6.23. The number of pyridine rings is 1. The van der Waals surface area contributed by atoms with Crippen molar-refractivity contribution in [3.05, 3.63) is 58.3 Å². The maximum Gasteiger partial charge on any atom is 0.325 e. The molecule has 1 aromatic carbocycles. The Balaban J connectivity index is 1.10. The maximum absolute atomic E-state index is 13.0. The van der Waals surface area contributed by atoms with Crippen LogP contribution in [0.4, 0.5) is 5.82 Å². The summed E-state index contributed by atoms with van der Waals surface area (Å²) >= 11 is 0. The summed E-state index contributed by atoms with van der Waals surface area (Å²) in [4.78, 5) is 20.0. The number of hydrogen-bond acceptors (Lipinski definition) is 7. The van der Waals surface area contributed by atoms with E-state index in [0.717, 1.165) is 86.1 Å². The Hall–Kier alpha value is -2.52. The van der Waals surface area contributed by atoms with Crippen molar-refractivity contribution in [1.82, 2.24) is 9.88 Å². The average Bonchev–Trinajstić information content (AvgIpc) is 3.33. The Labute approximate surface area is 262 Å².